The number of benzene rings is 2. The van der Waals surface area contributed by atoms with E-state index in [0.29, 0.717) is 18.0 Å². The van der Waals surface area contributed by atoms with Crippen LogP contribution in [0.3, 0.4) is 0 Å². The van der Waals surface area contributed by atoms with Gasteiger partial charge in [-0.05, 0) is 48.4 Å². The summed E-state index contributed by atoms with van der Waals surface area (Å²) in [7, 11) is -1.78. The predicted octanol–water partition coefficient (Wildman–Crippen LogP) is 2.36. The fourth-order valence-electron chi connectivity index (χ4n) is 3.35. The van der Waals surface area contributed by atoms with Crippen molar-refractivity contribution in [2.75, 3.05) is 51.3 Å². The molecule has 1 aliphatic rings. The van der Waals surface area contributed by atoms with E-state index >= 15 is 0 Å². The number of aryl methyl sites for hydroxylation is 1. The Bertz CT molecular complexity index is 843. The number of methoxy groups -OCH3 is 1. The van der Waals surface area contributed by atoms with Gasteiger partial charge >= 0.3 is 0 Å². The Kier molecular flexibility index (Phi) is 6.93. The smallest absolute Gasteiger partial charge is 0.240 e. The highest BCUT2D eigenvalue weighted by Gasteiger charge is 2.18. The van der Waals surface area contributed by atoms with E-state index in [2.05, 4.69) is 33.6 Å². The van der Waals surface area contributed by atoms with Crippen molar-refractivity contribution in [3.05, 3.63) is 54.1 Å². The second-order valence-corrected chi connectivity index (χ2v) is 8.69. The van der Waals surface area contributed by atoms with Crippen LogP contribution in [-0.2, 0) is 16.4 Å². The molecule has 28 heavy (non-hydrogen) atoms. The number of sulfonamides is 1. The topological polar surface area (TPSA) is 61.9 Å². The van der Waals surface area contributed by atoms with Gasteiger partial charge in [-0.15, -0.1) is 0 Å². The minimum absolute atomic E-state index is 0.328. The zero-order valence-electron chi connectivity index (χ0n) is 16.6. The first-order chi connectivity index (χ1) is 13.5. The van der Waals surface area contributed by atoms with Gasteiger partial charge in [-0.3, -0.25) is 4.90 Å². The molecular formula is C21H29N3O3S. The lowest BCUT2D eigenvalue weighted by molar-refractivity contribution is 0.262. The molecule has 0 amide bonds. The highest BCUT2D eigenvalue weighted by molar-refractivity contribution is 7.89. The maximum Gasteiger partial charge on any atom is 0.240 e. The maximum atomic E-state index is 12.4. The van der Waals surface area contributed by atoms with E-state index in [1.165, 1.54) is 5.69 Å². The van der Waals surface area contributed by atoms with E-state index in [1.54, 1.807) is 19.2 Å². The molecule has 2 aromatic rings. The monoisotopic (exact) mass is 403 g/mol. The minimum atomic E-state index is -3.45. The van der Waals surface area contributed by atoms with Crippen LogP contribution < -0.4 is 14.4 Å². The zero-order valence-corrected chi connectivity index (χ0v) is 17.4. The Hall–Kier alpha value is -2.09. The van der Waals surface area contributed by atoms with Gasteiger partial charge in [-0.1, -0.05) is 19.1 Å². The average Bonchev–Trinajstić information content (AvgIpc) is 2.74. The number of piperazine rings is 1. The standard InChI is InChI=1S/C21H29N3O3S/c1-3-18-4-10-21(11-5-18)28(25,26)22-12-13-23-14-16-24(17-15-23)19-6-8-20(27-2)9-7-19/h4-11,22H,3,12-17H2,1-2H3. The van der Waals surface area contributed by atoms with Crippen LogP contribution in [-0.4, -0.2) is 59.7 Å². The summed E-state index contributed by atoms with van der Waals surface area (Å²) in [5, 5.41) is 0. The van der Waals surface area contributed by atoms with E-state index in [-0.39, 0.29) is 0 Å². The molecule has 152 valence electrons. The third kappa shape index (κ3) is 5.25. The zero-order chi connectivity index (χ0) is 20.0. The predicted molar refractivity (Wildman–Crippen MR) is 113 cm³/mol. The Morgan fingerprint density at radius 2 is 1.61 bits per heavy atom. The first-order valence-corrected chi connectivity index (χ1v) is 11.2. The third-order valence-electron chi connectivity index (χ3n) is 5.17. The summed E-state index contributed by atoms with van der Waals surface area (Å²) in [6.45, 7) is 6.87. The fraction of sp³-hybridized carbons (Fsp3) is 0.429. The molecule has 0 aromatic heterocycles. The van der Waals surface area contributed by atoms with Gasteiger partial charge in [0.2, 0.25) is 10.0 Å². The minimum Gasteiger partial charge on any atom is -0.497 e. The van der Waals surface area contributed by atoms with Crippen molar-refractivity contribution in [1.29, 1.82) is 0 Å². The molecule has 0 aliphatic carbocycles. The second-order valence-electron chi connectivity index (χ2n) is 6.92. The van der Waals surface area contributed by atoms with E-state index in [0.717, 1.165) is 43.9 Å². The number of nitrogens with one attached hydrogen (secondary N) is 1. The number of hydrogen-bond donors (Lipinski definition) is 1. The van der Waals surface area contributed by atoms with Gasteiger partial charge in [0.1, 0.15) is 5.75 Å². The maximum absolute atomic E-state index is 12.4. The summed E-state index contributed by atoms with van der Waals surface area (Å²) in [4.78, 5) is 4.96. The first-order valence-electron chi connectivity index (χ1n) is 9.72. The van der Waals surface area contributed by atoms with Gasteiger partial charge in [0.25, 0.3) is 0 Å². The SMILES string of the molecule is CCc1ccc(S(=O)(=O)NCCN2CCN(c3ccc(OC)cc3)CC2)cc1. The van der Waals surface area contributed by atoms with Crippen LogP contribution in [0.5, 0.6) is 5.75 Å². The van der Waals surface area contributed by atoms with Gasteiger partial charge in [0, 0.05) is 45.0 Å². The van der Waals surface area contributed by atoms with Crippen molar-refractivity contribution >= 4 is 15.7 Å². The summed E-state index contributed by atoms with van der Waals surface area (Å²) in [6, 6.07) is 15.2. The van der Waals surface area contributed by atoms with E-state index in [1.807, 2.05) is 24.3 Å². The van der Waals surface area contributed by atoms with Crippen molar-refractivity contribution < 1.29 is 13.2 Å². The Morgan fingerprint density at radius 1 is 0.964 bits per heavy atom. The molecule has 6 nitrogen and oxygen atoms in total. The van der Waals surface area contributed by atoms with Crippen LogP contribution in [0.4, 0.5) is 5.69 Å². The summed E-state index contributed by atoms with van der Waals surface area (Å²) in [5.41, 5.74) is 2.32. The van der Waals surface area contributed by atoms with Gasteiger partial charge < -0.3 is 9.64 Å². The van der Waals surface area contributed by atoms with Crippen molar-refractivity contribution in [1.82, 2.24) is 9.62 Å². The summed E-state index contributed by atoms with van der Waals surface area (Å²) in [5.74, 6) is 0.860. The highest BCUT2D eigenvalue weighted by atomic mass is 32.2. The number of anilines is 1. The summed E-state index contributed by atoms with van der Waals surface area (Å²) in [6.07, 6.45) is 0.899. The van der Waals surface area contributed by atoms with Crippen LogP contribution in [0.1, 0.15) is 12.5 Å². The van der Waals surface area contributed by atoms with Gasteiger partial charge in [0.15, 0.2) is 0 Å². The van der Waals surface area contributed by atoms with Gasteiger partial charge in [-0.25, -0.2) is 13.1 Å². The molecule has 0 spiro atoms. The molecule has 1 aliphatic heterocycles. The van der Waals surface area contributed by atoms with Gasteiger partial charge in [-0.2, -0.15) is 0 Å². The van der Waals surface area contributed by atoms with Crippen LogP contribution >= 0.6 is 0 Å². The van der Waals surface area contributed by atoms with Crippen LogP contribution in [0.15, 0.2) is 53.4 Å². The number of rotatable bonds is 8. The Labute approximate surface area is 168 Å². The molecule has 7 heteroatoms. The second kappa shape index (κ2) is 9.41. The van der Waals surface area contributed by atoms with Crippen molar-refractivity contribution in [3.8, 4) is 5.75 Å². The van der Waals surface area contributed by atoms with Crippen LogP contribution in [0.2, 0.25) is 0 Å². The number of ether oxygens (including phenoxy) is 1. The largest absolute Gasteiger partial charge is 0.497 e. The molecular weight excluding hydrogens is 374 g/mol. The van der Waals surface area contributed by atoms with E-state index < -0.39 is 10.0 Å². The Balaban J connectivity index is 1.44. The lowest BCUT2D eigenvalue weighted by Gasteiger charge is -2.36. The molecule has 0 saturated carbocycles. The molecule has 1 saturated heterocycles. The fourth-order valence-corrected chi connectivity index (χ4v) is 4.37. The van der Waals surface area contributed by atoms with Crippen LogP contribution in [0.25, 0.3) is 0 Å². The summed E-state index contributed by atoms with van der Waals surface area (Å²) < 4.78 is 32.8. The molecule has 0 unspecified atom stereocenters. The molecule has 3 rings (SSSR count). The molecule has 2 aromatic carbocycles. The molecule has 0 bridgehead atoms. The highest BCUT2D eigenvalue weighted by Crippen LogP contribution is 2.20. The molecule has 0 radical (unpaired) electrons. The third-order valence-corrected chi connectivity index (χ3v) is 6.65. The average molecular weight is 404 g/mol. The lowest BCUT2D eigenvalue weighted by atomic mass is 10.2. The molecule has 1 N–H and O–H groups in total. The normalized spacial score (nSPS) is 15.6. The number of hydrogen-bond acceptors (Lipinski definition) is 5. The van der Waals surface area contributed by atoms with Gasteiger partial charge in [0.05, 0.1) is 12.0 Å². The van der Waals surface area contributed by atoms with Crippen molar-refractivity contribution in [2.45, 2.75) is 18.2 Å². The van der Waals surface area contributed by atoms with E-state index in [9.17, 15) is 8.42 Å². The first kappa shape index (κ1) is 20.6. The van der Waals surface area contributed by atoms with Crippen LogP contribution in [0, 0.1) is 0 Å². The van der Waals surface area contributed by atoms with E-state index in [4.69, 9.17) is 4.74 Å². The molecule has 1 heterocycles. The quantitative estimate of drug-likeness (QED) is 0.733. The molecule has 1 fully saturated rings. The lowest BCUT2D eigenvalue weighted by Crippen LogP contribution is -2.48. The van der Waals surface area contributed by atoms with Crippen molar-refractivity contribution in [3.63, 3.8) is 0 Å². The molecule has 0 atom stereocenters. The Morgan fingerprint density at radius 3 is 2.18 bits per heavy atom. The van der Waals surface area contributed by atoms with Crippen molar-refractivity contribution in [2.24, 2.45) is 0 Å². The number of nitrogens with zero attached hydrogens (tertiary/aromatic N) is 2. The summed E-state index contributed by atoms with van der Waals surface area (Å²) >= 11 is 0.